The van der Waals surface area contributed by atoms with E-state index in [1.54, 1.807) is 62.7 Å². The fourth-order valence-electron chi connectivity index (χ4n) is 8.39. The van der Waals surface area contributed by atoms with Crippen LogP contribution in [0.1, 0.15) is 60.3 Å². The van der Waals surface area contributed by atoms with Crippen LogP contribution in [0, 0.1) is 17.5 Å². The maximum absolute atomic E-state index is 13.6. The van der Waals surface area contributed by atoms with Crippen LogP contribution >= 0.6 is 0 Å². The molecule has 1 aliphatic rings. The van der Waals surface area contributed by atoms with Crippen molar-refractivity contribution in [2.45, 2.75) is 89.5 Å². The molecule has 0 saturated heterocycles. The predicted molar refractivity (Wildman–Crippen MR) is 293 cm³/mol. The van der Waals surface area contributed by atoms with Gasteiger partial charge in [0.15, 0.2) is 17.5 Å². The number of H-pyrrole nitrogens is 3. The normalized spacial score (nSPS) is 14.1. The number of aromatic amines is 3. The molecule has 10 rings (SSSR count). The Morgan fingerprint density at radius 3 is 1.42 bits per heavy atom. The maximum atomic E-state index is 13.6. The van der Waals surface area contributed by atoms with Crippen LogP contribution in [0.3, 0.4) is 0 Å². The van der Waals surface area contributed by atoms with Gasteiger partial charge in [0, 0.05) is 83.6 Å². The van der Waals surface area contributed by atoms with Gasteiger partial charge in [-0.15, -0.1) is 0 Å². The van der Waals surface area contributed by atoms with E-state index in [0.717, 1.165) is 18.6 Å². The zero-order chi connectivity index (χ0) is 59.9. The van der Waals surface area contributed by atoms with E-state index in [2.05, 4.69) is 81.1 Å². The average Bonchev–Trinajstić information content (AvgIpc) is 3.29. The number of halogens is 8. The molecule has 2 atom stereocenters. The van der Waals surface area contributed by atoms with Gasteiger partial charge in [0.2, 0.25) is 17.7 Å². The van der Waals surface area contributed by atoms with Crippen molar-refractivity contribution in [3.8, 4) is 34.2 Å². The van der Waals surface area contributed by atoms with Crippen LogP contribution in [0.4, 0.5) is 52.6 Å². The Morgan fingerprint density at radius 2 is 1.04 bits per heavy atom. The molecule has 0 aliphatic heterocycles. The molecule has 0 radical (unpaired) electrons. The molecule has 1 saturated carbocycles. The van der Waals surface area contributed by atoms with Crippen molar-refractivity contribution in [2.24, 2.45) is 0 Å². The highest BCUT2D eigenvalue weighted by Gasteiger charge is 2.51. The summed E-state index contributed by atoms with van der Waals surface area (Å²) in [4.78, 5) is 85.5. The Morgan fingerprint density at radius 1 is 0.627 bits per heavy atom. The second kappa shape index (κ2) is 24.7. The van der Waals surface area contributed by atoms with E-state index in [-0.39, 0.29) is 17.5 Å². The summed E-state index contributed by atoms with van der Waals surface area (Å²) in [5.74, 6) is -0.603. The first-order chi connectivity index (χ1) is 39.5. The van der Waals surface area contributed by atoms with E-state index in [1.165, 1.54) is 36.7 Å². The smallest absolute Gasteiger partial charge is 0.356 e. The number of hydrogen-bond acceptors (Lipinski definition) is 15. The van der Waals surface area contributed by atoms with Crippen LogP contribution < -0.4 is 26.6 Å². The zero-order valence-electron chi connectivity index (χ0n) is 45.4. The van der Waals surface area contributed by atoms with Crippen LogP contribution in [0.15, 0.2) is 92.2 Å². The third-order valence-corrected chi connectivity index (χ3v) is 13.6. The molecule has 9 aromatic rings. The first-order valence-corrected chi connectivity index (χ1v) is 25.9. The van der Waals surface area contributed by atoms with Gasteiger partial charge < -0.3 is 46.4 Å². The van der Waals surface area contributed by atoms with Crippen LogP contribution in [0.5, 0.6) is 0 Å². The van der Waals surface area contributed by atoms with Gasteiger partial charge in [-0.3, -0.25) is 14.4 Å². The number of carbonyl (C=O) groups is 3. The molecular formula is C54H56F8N18O3. The van der Waals surface area contributed by atoms with Crippen LogP contribution in [-0.2, 0) is 14.4 Å². The standard InChI is InChI=1S/C19H23FN6O.C18H19F3N6O.C17H14F4N6O/c1-5-19(3,18(27)26(4)6-2)25-15-7-8-21-17(24-15)14-11-23-16-13(14)9-12(20)10-22-16;1-3-18(2,17(28)25-9-13(20)21)27-14-4-5-22-16(26-14)12-8-24-15-11(12)6-10(19)7-23-15;18-9-5-10-11(7-24-13(10)23-6-9)14-22-4-1-12(26-14)27-16(2-3-16)15(28)25-8-17(19,20)21/h7-11H,5-6H2,1-4H3,(H,22,23)(H,21,24,25);4-8,13H,3,9H2,1-2H3,(H,23,24)(H,25,28)(H,22,26,27);1,4-7H,2-3,8H2,(H,23,24)(H,25,28)(H,22,26,27)/t19-;18-;/m11./s1. The number of anilines is 3. The summed E-state index contributed by atoms with van der Waals surface area (Å²) in [6.07, 6.45) is 7.38. The molecule has 29 heteroatoms. The Kier molecular flexibility index (Phi) is 17.8. The average molecular weight is 1160 g/mol. The Bertz CT molecular complexity index is 3780. The molecule has 21 nitrogen and oxygen atoms in total. The molecular weight excluding hydrogens is 1100 g/mol. The molecule has 1 fully saturated rings. The number of pyridine rings is 3. The number of hydrogen-bond donors (Lipinski definition) is 8. The van der Waals surface area contributed by atoms with Gasteiger partial charge in [-0.05, 0) is 82.9 Å². The van der Waals surface area contributed by atoms with E-state index in [4.69, 9.17) is 0 Å². The third kappa shape index (κ3) is 14.2. The minimum Gasteiger partial charge on any atom is -0.356 e. The number of amides is 3. The van der Waals surface area contributed by atoms with Crippen molar-refractivity contribution < 1.29 is 49.5 Å². The highest BCUT2D eigenvalue weighted by atomic mass is 19.4. The topological polar surface area (TPSA) is 278 Å². The number of alkyl halides is 5. The summed E-state index contributed by atoms with van der Waals surface area (Å²) >= 11 is 0. The summed E-state index contributed by atoms with van der Waals surface area (Å²) in [6, 6.07) is 8.80. The van der Waals surface area contributed by atoms with Crippen molar-refractivity contribution in [2.75, 3.05) is 42.6 Å². The highest BCUT2D eigenvalue weighted by molar-refractivity contribution is 5.95. The van der Waals surface area contributed by atoms with Crippen molar-refractivity contribution in [1.82, 2.24) is 75.3 Å². The van der Waals surface area contributed by atoms with Crippen LogP contribution in [0.25, 0.3) is 67.3 Å². The first-order valence-electron chi connectivity index (χ1n) is 25.9. The van der Waals surface area contributed by atoms with Gasteiger partial charge in [0.1, 0.15) is 75.0 Å². The number of rotatable bonds is 18. The fourth-order valence-corrected chi connectivity index (χ4v) is 8.39. The van der Waals surface area contributed by atoms with Crippen molar-refractivity contribution in [3.05, 3.63) is 110 Å². The number of aromatic nitrogens is 12. The Balaban J connectivity index is 0.000000163. The molecule has 0 unspecified atom stereocenters. The number of nitrogens with zero attached hydrogens (tertiary/aromatic N) is 10. The molecule has 0 aromatic carbocycles. The minimum absolute atomic E-state index is 0.00831. The summed E-state index contributed by atoms with van der Waals surface area (Å²) in [5.41, 5.74) is 0.167. The number of nitrogens with one attached hydrogen (secondary N) is 8. The Labute approximate surface area is 467 Å². The molecule has 83 heavy (non-hydrogen) atoms. The third-order valence-electron chi connectivity index (χ3n) is 13.6. The van der Waals surface area contributed by atoms with Crippen molar-refractivity contribution in [3.63, 3.8) is 0 Å². The van der Waals surface area contributed by atoms with Gasteiger partial charge in [-0.25, -0.2) is 66.8 Å². The van der Waals surface area contributed by atoms with E-state index < -0.39 is 71.6 Å². The van der Waals surface area contributed by atoms with Crippen LogP contribution in [-0.4, -0.2) is 138 Å². The molecule has 9 aromatic heterocycles. The van der Waals surface area contributed by atoms with E-state index in [0.29, 0.717) is 105 Å². The quantitative estimate of drug-likeness (QED) is 0.0372. The lowest BCUT2D eigenvalue weighted by atomic mass is 9.97. The summed E-state index contributed by atoms with van der Waals surface area (Å²) in [7, 11) is 1.77. The molecule has 8 N–H and O–H groups in total. The number of likely N-dealkylation sites (N-methyl/N-ethyl adjacent to an activating group) is 1. The molecule has 9 heterocycles. The number of fused-ring (bicyclic) bond motifs is 3. The fraction of sp³-hybridized carbons (Fsp3) is 0.333. The maximum Gasteiger partial charge on any atom is 0.405 e. The van der Waals surface area contributed by atoms with Crippen molar-refractivity contribution >= 4 is 68.3 Å². The van der Waals surface area contributed by atoms with Gasteiger partial charge in [0.25, 0.3) is 6.43 Å². The SMILES string of the molecule is CCN(C)C(=O)[C@@](C)(CC)Nc1ccnc(-c2c[nH]c3ncc(F)cc23)n1.CC[C@@](C)(Nc1ccnc(-c2c[nH]c3ncc(F)cc23)n1)C(=O)NCC(F)F.O=C(NCC(F)(F)F)C1(Nc2ccnc(-c3c[nH]c4ncc(F)cc34)n2)CC1. The van der Waals surface area contributed by atoms with E-state index >= 15 is 0 Å². The summed E-state index contributed by atoms with van der Waals surface area (Å²) in [6.45, 7) is 7.60. The molecule has 0 bridgehead atoms. The molecule has 0 spiro atoms. The van der Waals surface area contributed by atoms with Gasteiger partial charge >= 0.3 is 6.18 Å². The molecule has 436 valence electrons. The first kappa shape index (κ1) is 59.7. The monoisotopic (exact) mass is 1160 g/mol. The lowest BCUT2D eigenvalue weighted by Crippen LogP contribution is -2.51. The summed E-state index contributed by atoms with van der Waals surface area (Å²) in [5, 5.41) is 14.8. The second-order valence-electron chi connectivity index (χ2n) is 19.6. The molecule has 1 aliphatic carbocycles. The van der Waals surface area contributed by atoms with E-state index in [1.807, 2.05) is 26.1 Å². The highest BCUT2D eigenvalue weighted by Crippen LogP contribution is 2.39. The van der Waals surface area contributed by atoms with Gasteiger partial charge in [-0.2, -0.15) is 13.2 Å². The predicted octanol–water partition coefficient (Wildman–Crippen LogP) is 9.12. The summed E-state index contributed by atoms with van der Waals surface area (Å²) < 4.78 is 102. The minimum atomic E-state index is -4.48. The lowest BCUT2D eigenvalue weighted by Gasteiger charge is -2.32. The largest absolute Gasteiger partial charge is 0.405 e. The van der Waals surface area contributed by atoms with E-state index in [9.17, 15) is 49.5 Å². The molecule has 3 amide bonds. The van der Waals surface area contributed by atoms with Gasteiger partial charge in [-0.1, -0.05) is 13.8 Å². The zero-order valence-corrected chi connectivity index (χ0v) is 45.4. The Hall–Kier alpha value is -9.44. The van der Waals surface area contributed by atoms with Crippen molar-refractivity contribution in [1.29, 1.82) is 0 Å². The number of carbonyl (C=O) groups excluding carboxylic acids is 3. The van der Waals surface area contributed by atoms with Gasteiger partial charge in [0.05, 0.1) is 25.1 Å². The van der Waals surface area contributed by atoms with Crippen LogP contribution in [0.2, 0.25) is 0 Å². The second-order valence-corrected chi connectivity index (χ2v) is 19.6. The lowest BCUT2D eigenvalue weighted by molar-refractivity contribution is -0.139.